The van der Waals surface area contributed by atoms with Crippen LogP contribution in [0.15, 0.2) is 0 Å². The van der Waals surface area contributed by atoms with Gasteiger partial charge in [0.2, 0.25) is 10.0 Å². The zero-order valence-electron chi connectivity index (χ0n) is 9.40. The van der Waals surface area contributed by atoms with E-state index in [1.807, 2.05) is 0 Å². The van der Waals surface area contributed by atoms with Crippen molar-refractivity contribution in [2.45, 2.75) is 20.3 Å². The number of rotatable bonds is 9. The van der Waals surface area contributed by atoms with E-state index < -0.39 is 10.0 Å². The predicted molar refractivity (Wildman–Crippen MR) is 59.1 cm³/mol. The van der Waals surface area contributed by atoms with E-state index in [1.54, 1.807) is 0 Å². The molecule has 2 N–H and O–H groups in total. The summed E-state index contributed by atoms with van der Waals surface area (Å²) in [6.07, 6.45) is 0.976. The van der Waals surface area contributed by atoms with Crippen molar-refractivity contribution in [3.8, 4) is 0 Å². The van der Waals surface area contributed by atoms with E-state index in [9.17, 15) is 8.42 Å². The minimum Gasteiger partial charge on any atom is -0.395 e. The fraction of sp³-hybridized carbons (Fsp3) is 1.00. The van der Waals surface area contributed by atoms with Gasteiger partial charge in [-0.15, -0.1) is 0 Å². The van der Waals surface area contributed by atoms with Gasteiger partial charge in [-0.1, -0.05) is 13.8 Å². The van der Waals surface area contributed by atoms with Crippen LogP contribution in [0.1, 0.15) is 20.3 Å². The minimum absolute atomic E-state index is 0.251. The summed E-state index contributed by atoms with van der Waals surface area (Å²) in [6.45, 7) is 5.14. The van der Waals surface area contributed by atoms with E-state index in [4.69, 9.17) is 9.84 Å². The minimum atomic E-state index is -3.32. The van der Waals surface area contributed by atoms with Crippen LogP contribution in [0.4, 0.5) is 0 Å². The Morgan fingerprint density at radius 2 is 2.00 bits per heavy atom. The largest absolute Gasteiger partial charge is 0.395 e. The predicted octanol–water partition coefficient (Wildman–Crippen LogP) is -0.0392. The Morgan fingerprint density at radius 1 is 1.33 bits per heavy atom. The zero-order chi connectivity index (χ0) is 11.7. The zero-order valence-corrected chi connectivity index (χ0v) is 10.2. The van der Waals surface area contributed by atoms with Crippen molar-refractivity contribution in [2.24, 2.45) is 5.92 Å². The summed E-state index contributed by atoms with van der Waals surface area (Å²) in [5, 5.41) is 8.45. The van der Waals surface area contributed by atoms with E-state index in [1.165, 1.54) is 0 Å². The van der Waals surface area contributed by atoms with Gasteiger partial charge in [0.25, 0.3) is 0 Å². The molecule has 0 heterocycles. The SMILES string of the molecule is CC(C)CCOCCNS(=O)(=O)CCO. The molecule has 15 heavy (non-hydrogen) atoms. The fourth-order valence-corrected chi connectivity index (χ4v) is 1.66. The Morgan fingerprint density at radius 3 is 2.53 bits per heavy atom. The first kappa shape index (κ1) is 14.8. The first-order valence-electron chi connectivity index (χ1n) is 5.14. The lowest BCUT2D eigenvalue weighted by molar-refractivity contribution is 0.128. The van der Waals surface area contributed by atoms with Gasteiger partial charge in [0.15, 0.2) is 0 Å². The molecular weight excluding hydrogens is 218 g/mol. The summed E-state index contributed by atoms with van der Waals surface area (Å²) in [4.78, 5) is 0. The summed E-state index contributed by atoms with van der Waals surface area (Å²) in [6, 6.07) is 0. The topological polar surface area (TPSA) is 75.6 Å². The smallest absolute Gasteiger partial charge is 0.213 e. The van der Waals surface area contributed by atoms with E-state index >= 15 is 0 Å². The fourth-order valence-electron chi connectivity index (χ4n) is 0.883. The van der Waals surface area contributed by atoms with E-state index in [0.717, 1.165) is 6.42 Å². The van der Waals surface area contributed by atoms with Crippen LogP contribution in [0, 0.1) is 5.92 Å². The lowest BCUT2D eigenvalue weighted by Crippen LogP contribution is -2.30. The quantitative estimate of drug-likeness (QED) is 0.554. The lowest BCUT2D eigenvalue weighted by Gasteiger charge is -2.07. The first-order valence-corrected chi connectivity index (χ1v) is 6.79. The van der Waals surface area contributed by atoms with E-state index in [0.29, 0.717) is 19.1 Å². The van der Waals surface area contributed by atoms with E-state index in [-0.39, 0.29) is 18.9 Å². The van der Waals surface area contributed by atoms with Crippen LogP contribution in [0.25, 0.3) is 0 Å². The number of nitrogens with one attached hydrogen (secondary N) is 1. The van der Waals surface area contributed by atoms with Gasteiger partial charge in [0.1, 0.15) is 0 Å². The third-order valence-corrected chi connectivity index (χ3v) is 3.13. The molecule has 0 aliphatic carbocycles. The molecule has 0 saturated heterocycles. The second kappa shape index (κ2) is 8.04. The monoisotopic (exact) mass is 239 g/mol. The third-order valence-electron chi connectivity index (χ3n) is 1.77. The van der Waals surface area contributed by atoms with Gasteiger partial charge in [0, 0.05) is 13.2 Å². The normalized spacial score (nSPS) is 12.3. The summed E-state index contributed by atoms with van der Waals surface area (Å²) in [7, 11) is -3.32. The van der Waals surface area contributed by atoms with Gasteiger partial charge in [0.05, 0.1) is 19.0 Å². The third kappa shape index (κ3) is 10.1. The molecule has 0 saturated carbocycles. The van der Waals surface area contributed by atoms with Crippen molar-refractivity contribution >= 4 is 10.0 Å². The molecule has 0 aliphatic rings. The summed E-state index contributed by atoms with van der Waals surface area (Å²) in [5.41, 5.74) is 0. The molecule has 0 spiro atoms. The molecule has 0 rings (SSSR count). The maximum atomic E-state index is 11.0. The lowest BCUT2D eigenvalue weighted by atomic mass is 10.1. The van der Waals surface area contributed by atoms with Crippen LogP contribution < -0.4 is 4.72 Å². The second-order valence-corrected chi connectivity index (χ2v) is 5.66. The average Bonchev–Trinajstić information content (AvgIpc) is 2.10. The molecule has 6 heteroatoms. The Kier molecular flexibility index (Phi) is 7.95. The summed E-state index contributed by atoms with van der Waals surface area (Å²) in [5.74, 6) is 0.343. The molecule has 0 aromatic heterocycles. The van der Waals surface area contributed by atoms with Crippen molar-refractivity contribution in [2.75, 3.05) is 32.1 Å². The Balaban J connectivity index is 3.38. The van der Waals surface area contributed by atoms with Crippen LogP contribution in [0.5, 0.6) is 0 Å². The van der Waals surface area contributed by atoms with Crippen molar-refractivity contribution < 1.29 is 18.3 Å². The molecule has 5 nitrogen and oxygen atoms in total. The van der Waals surface area contributed by atoms with Gasteiger partial charge in [-0.2, -0.15) is 0 Å². The van der Waals surface area contributed by atoms with Gasteiger partial charge in [-0.05, 0) is 12.3 Å². The number of aliphatic hydroxyl groups excluding tert-OH is 1. The Labute approximate surface area is 91.9 Å². The molecule has 0 bridgehead atoms. The molecule has 0 fully saturated rings. The van der Waals surface area contributed by atoms with Gasteiger partial charge < -0.3 is 9.84 Å². The second-order valence-electron chi connectivity index (χ2n) is 3.73. The maximum absolute atomic E-state index is 11.0. The van der Waals surface area contributed by atoms with Crippen LogP contribution in [-0.2, 0) is 14.8 Å². The molecule has 0 aromatic rings. The number of aliphatic hydroxyl groups is 1. The van der Waals surface area contributed by atoms with E-state index in [2.05, 4.69) is 18.6 Å². The highest BCUT2D eigenvalue weighted by atomic mass is 32.2. The standard InChI is InChI=1S/C9H21NO4S/c1-9(2)3-6-14-7-4-10-15(12,13)8-5-11/h9-11H,3-8H2,1-2H3. The van der Waals surface area contributed by atoms with Gasteiger partial charge >= 0.3 is 0 Å². The molecule has 0 amide bonds. The van der Waals surface area contributed by atoms with Crippen molar-refractivity contribution in [3.05, 3.63) is 0 Å². The molecule has 92 valence electrons. The van der Waals surface area contributed by atoms with Crippen LogP contribution in [0.2, 0.25) is 0 Å². The molecule has 0 aliphatic heterocycles. The molecular formula is C9H21NO4S. The molecule has 0 unspecified atom stereocenters. The maximum Gasteiger partial charge on any atom is 0.213 e. The molecule has 0 aromatic carbocycles. The summed E-state index contributed by atoms with van der Waals surface area (Å²) >= 11 is 0. The number of sulfonamides is 1. The number of hydrogen-bond donors (Lipinski definition) is 2. The Bertz CT molecular complexity index is 238. The van der Waals surface area contributed by atoms with Crippen LogP contribution >= 0.6 is 0 Å². The highest BCUT2D eigenvalue weighted by Gasteiger charge is 2.07. The van der Waals surface area contributed by atoms with Crippen molar-refractivity contribution in [1.82, 2.24) is 4.72 Å². The van der Waals surface area contributed by atoms with Crippen LogP contribution in [-0.4, -0.2) is 45.6 Å². The van der Waals surface area contributed by atoms with Crippen molar-refractivity contribution in [1.29, 1.82) is 0 Å². The van der Waals surface area contributed by atoms with Crippen molar-refractivity contribution in [3.63, 3.8) is 0 Å². The number of hydrogen-bond acceptors (Lipinski definition) is 4. The van der Waals surface area contributed by atoms with Gasteiger partial charge in [-0.25, -0.2) is 13.1 Å². The Hall–Kier alpha value is -0.170. The number of ether oxygens (including phenoxy) is 1. The molecule has 0 radical (unpaired) electrons. The molecule has 0 atom stereocenters. The van der Waals surface area contributed by atoms with Crippen LogP contribution in [0.3, 0.4) is 0 Å². The highest BCUT2D eigenvalue weighted by Crippen LogP contribution is 1.98. The first-order chi connectivity index (χ1) is 6.98. The average molecular weight is 239 g/mol. The summed E-state index contributed by atoms with van der Waals surface area (Å²) < 4.78 is 29.7. The highest BCUT2D eigenvalue weighted by molar-refractivity contribution is 7.89. The van der Waals surface area contributed by atoms with Gasteiger partial charge in [-0.3, -0.25) is 0 Å².